The van der Waals surface area contributed by atoms with Crippen molar-refractivity contribution in [2.45, 2.75) is 19.1 Å². The van der Waals surface area contributed by atoms with Crippen LogP contribution in [0, 0.1) is 5.82 Å². The van der Waals surface area contributed by atoms with Gasteiger partial charge in [-0.3, -0.25) is 9.79 Å². The molecular formula is C21H27FN4O4. The zero-order valence-electron chi connectivity index (χ0n) is 17.2. The fourth-order valence-electron chi connectivity index (χ4n) is 2.38. The average molecular weight is 418 g/mol. The molecule has 1 unspecified atom stereocenters. The van der Waals surface area contributed by atoms with Gasteiger partial charge in [0.05, 0.1) is 6.61 Å². The Morgan fingerprint density at radius 2 is 1.97 bits per heavy atom. The summed E-state index contributed by atoms with van der Waals surface area (Å²) >= 11 is 0. The molecule has 0 saturated carbocycles. The van der Waals surface area contributed by atoms with Crippen molar-refractivity contribution in [2.24, 2.45) is 10.7 Å². The largest absolute Gasteiger partial charge is 0.489 e. The van der Waals surface area contributed by atoms with Crippen LogP contribution in [0.3, 0.4) is 0 Å². The minimum atomic E-state index is -1.44. The number of carbonyl (C=O) groups is 2. The zero-order valence-corrected chi connectivity index (χ0v) is 17.2. The fourth-order valence-corrected chi connectivity index (χ4v) is 2.38. The number of rotatable bonds is 8. The third-order valence-electron chi connectivity index (χ3n) is 4.06. The number of halogens is 1. The molecule has 9 heteroatoms. The van der Waals surface area contributed by atoms with Crippen LogP contribution < -0.4 is 21.5 Å². The molecule has 0 bridgehead atoms. The molecule has 2 rings (SSSR count). The number of anilines is 1. The second-order valence-corrected chi connectivity index (χ2v) is 6.35. The quantitative estimate of drug-likeness (QED) is 0.287. The van der Waals surface area contributed by atoms with Gasteiger partial charge in [-0.05, 0) is 38.2 Å². The zero-order chi connectivity index (χ0) is 22.7. The van der Waals surface area contributed by atoms with Crippen molar-refractivity contribution in [2.75, 3.05) is 26.4 Å². The molecule has 8 nitrogen and oxygen atoms in total. The van der Waals surface area contributed by atoms with E-state index in [1.54, 1.807) is 24.3 Å². The van der Waals surface area contributed by atoms with E-state index in [0.717, 1.165) is 0 Å². The summed E-state index contributed by atoms with van der Waals surface area (Å²) < 4.78 is 19.3. The summed E-state index contributed by atoms with van der Waals surface area (Å²) in [5, 5.41) is 11.7. The lowest BCUT2D eigenvalue weighted by molar-refractivity contribution is -0.122. The minimum absolute atomic E-state index is 0.00540. The molecule has 0 saturated heterocycles. The number of amides is 1. The molecule has 162 valence electrons. The number of aliphatic hydroxyl groups excluding tert-OH is 1. The van der Waals surface area contributed by atoms with Gasteiger partial charge in [-0.15, -0.1) is 0 Å². The van der Waals surface area contributed by atoms with Gasteiger partial charge in [0.25, 0.3) is 5.91 Å². The summed E-state index contributed by atoms with van der Waals surface area (Å²) in [4.78, 5) is 27.6. The number of aliphatic imine (C=N–C) groups is 1. The van der Waals surface area contributed by atoms with Crippen LogP contribution in [-0.2, 0) is 16.2 Å². The lowest BCUT2D eigenvalue weighted by Gasteiger charge is -2.22. The molecule has 1 atom stereocenters. The molecule has 0 aliphatic carbocycles. The smallest absolute Gasteiger partial charge is 0.270 e. The monoisotopic (exact) mass is 418 g/mol. The van der Waals surface area contributed by atoms with Crippen molar-refractivity contribution in [1.82, 2.24) is 5.32 Å². The Balaban J connectivity index is 0.00000218. The van der Waals surface area contributed by atoms with Gasteiger partial charge in [0, 0.05) is 23.9 Å². The van der Waals surface area contributed by atoms with Crippen molar-refractivity contribution >= 4 is 23.6 Å². The summed E-state index contributed by atoms with van der Waals surface area (Å²) in [7, 11) is 2.90. The number of nitrogen functional groups attached to an aromatic ring is 1. The van der Waals surface area contributed by atoms with E-state index >= 15 is 0 Å². The summed E-state index contributed by atoms with van der Waals surface area (Å²) in [6, 6.07) is 10.9. The van der Waals surface area contributed by atoms with Gasteiger partial charge in [-0.25, -0.2) is 4.39 Å². The van der Waals surface area contributed by atoms with Crippen LogP contribution in [0.25, 0.3) is 0 Å². The number of benzene rings is 2. The number of hydrogen-bond donors (Lipinski definition) is 4. The molecule has 30 heavy (non-hydrogen) atoms. The molecular weight excluding hydrogens is 391 g/mol. The lowest BCUT2D eigenvalue weighted by atomic mass is 10.0. The highest BCUT2D eigenvalue weighted by molar-refractivity contribution is 6.46. The van der Waals surface area contributed by atoms with Crippen LogP contribution in [0.5, 0.6) is 5.75 Å². The van der Waals surface area contributed by atoms with Gasteiger partial charge in [-0.2, -0.15) is 0 Å². The van der Waals surface area contributed by atoms with Crippen LogP contribution in [-0.4, -0.2) is 49.3 Å². The maximum atomic E-state index is 13.7. The molecule has 0 radical (unpaired) electrons. The number of nitrogens with two attached hydrogens (primary N) is 2. The van der Waals surface area contributed by atoms with E-state index in [2.05, 4.69) is 16.0 Å². The predicted octanol–water partition coefficient (Wildman–Crippen LogP) is 1.05. The number of ether oxygens (including phenoxy) is 1. The van der Waals surface area contributed by atoms with E-state index in [1.165, 1.54) is 39.2 Å². The molecule has 1 amide bonds. The first-order valence-electron chi connectivity index (χ1n) is 9.04. The third kappa shape index (κ3) is 6.36. The van der Waals surface area contributed by atoms with Gasteiger partial charge in [0.1, 0.15) is 35.7 Å². The predicted molar refractivity (Wildman–Crippen MR) is 114 cm³/mol. The first kappa shape index (κ1) is 24.7. The Morgan fingerprint density at radius 3 is 2.53 bits per heavy atom. The minimum Gasteiger partial charge on any atom is -0.489 e. The molecule has 2 aromatic carbocycles. The van der Waals surface area contributed by atoms with Crippen molar-refractivity contribution in [1.29, 1.82) is 0 Å². The molecule has 0 aliphatic rings. The summed E-state index contributed by atoms with van der Waals surface area (Å²) in [5.74, 6) is -0.698. The third-order valence-corrected chi connectivity index (χ3v) is 4.06. The van der Waals surface area contributed by atoms with E-state index in [4.69, 9.17) is 10.5 Å². The topological polar surface area (TPSA) is 140 Å². The normalized spacial score (nSPS) is 12.8. The molecule has 0 heterocycles. The van der Waals surface area contributed by atoms with Crippen molar-refractivity contribution < 1.29 is 23.8 Å². The number of carbonyl (C=O) groups excluding carboxylic acids is 2. The SMILES string of the molecule is CN.CN=C(C(=O)NC(C)(C=O)CO)c1cc(OCc2ccccc2F)ccc1N. The Labute approximate surface area is 174 Å². The average Bonchev–Trinajstić information content (AvgIpc) is 2.76. The van der Waals surface area contributed by atoms with E-state index in [-0.39, 0.29) is 29.4 Å². The highest BCUT2D eigenvalue weighted by Crippen LogP contribution is 2.22. The van der Waals surface area contributed by atoms with Gasteiger partial charge in [0.15, 0.2) is 0 Å². The molecule has 0 fully saturated rings. The Hall–Kier alpha value is -3.30. The van der Waals surface area contributed by atoms with Crippen molar-refractivity contribution in [3.63, 3.8) is 0 Å². The standard InChI is InChI=1S/C20H22FN3O4.CH5N/c1-20(11-25,12-26)24-19(27)18(23-2)15-9-14(7-8-17(15)22)28-10-13-5-3-4-6-16(13)21;1-2/h3-9,11,26H,10,12,22H2,1-2H3,(H,24,27);2H2,1H3. The molecule has 0 spiro atoms. The Kier molecular flexibility index (Phi) is 9.60. The van der Waals surface area contributed by atoms with Crippen LogP contribution >= 0.6 is 0 Å². The van der Waals surface area contributed by atoms with E-state index in [1.807, 2.05) is 0 Å². The molecule has 0 aliphatic heterocycles. The number of aliphatic hydroxyl groups is 1. The van der Waals surface area contributed by atoms with Crippen molar-refractivity contribution in [3.8, 4) is 5.75 Å². The van der Waals surface area contributed by atoms with Crippen LogP contribution in [0.15, 0.2) is 47.5 Å². The van der Waals surface area contributed by atoms with E-state index in [0.29, 0.717) is 17.6 Å². The Morgan fingerprint density at radius 1 is 1.30 bits per heavy atom. The number of nitrogens with one attached hydrogen (secondary N) is 1. The van der Waals surface area contributed by atoms with Gasteiger partial charge >= 0.3 is 0 Å². The second-order valence-electron chi connectivity index (χ2n) is 6.35. The van der Waals surface area contributed by atoms with Gasteiger partial charge in [0.2, 0.25) is 0 Å². The van der Waals surface area contributed by atoms with Crippen LogP contribution in [0.2, 0.25) is 0 Å². The summed E-state index contributed by atoms with van der Waals surface area (Å²) in [5.41, 5.74) is 9.93. The number of aldehydes is 1. The van der Waals surface area contributed by atoms with Crippen molar-refractivity contribution in [3.05, 3.63) is 59.4 Å². The Bertz CT molecular complexity index is 904. The molecule has 2 aromatic rings. The van der Waals surface area contributed by atoms with Gasteiger partial charge in [-0.1, -0.05) is 18.2 Å². The lowest BCUT2D eigenvalue weighted by Crippen LogP contribution is -2.52. The van der Waals surface area contributed by atoms with Crippen LogP contribution in [0.1, 0.15) is 18.1 Å². The number of hydrogen-bond acceptors (Lipinski definition) is 7. The first-order valence-corrected chi connectivity index (χ1v) is 9.04. The summed E-state index contributed by atoms with van der Waals surface area (Å²) in [6.45, 7) is 0.803. The highest BCUT2D eigenvalue weighted by atomic mass is 19.1. The van der Waals surface area contributed by atoms with E-state index < -0.39 is 18.1 Å². The molecule has 6 N–H and O–H groups in total. The first-order chi connectivity index (χ1) is 14.3. The maximum absolute atomic E-state index is 13.7. The fraction of sp³-hybridized carbons (Fsp3) is 0.286. The highest BCUT2D eigenvalue weighted by Gasteiger charge is 2.28. The second kappa shape index (κ2) is 11.6. The van der Waals surface area contributed by atoms with Gasteiger partial charge < -0.3 is 31.4 Å². The van der Waals surface area contributed by atoms with E-state index in [9.17, 15) is 19.1 Å². The van der Waals surface area contributed by atoms with Crippen LogP contribution in [0.4, 0.5) is 10.1 Å². The number of nitrogens with zero attached hydrogens (tertiary/aromatic N) is 1. The molecule has 0 aromatic heterocycles. The maximum Gasteiger partial charge on any atom is 0.270 e. The summed E-state index contributed by atoms with van der Waals surface area (Å²) in [6.07, 6.45) is 0.440.